The molecule has 0 amide bonds. The molecule has 0 bridgehead atoms. The van der Waals surface area contributed by atoms with Gasteiger partial charge < -0.3 is 5.73 Å². The Morgan fingerprint density at radius 1 is 1.47 bits per heavy atom. The van der Waals surface area contributed by atoms with Gasteiger partial charge in [-0.1, -0.05) is 15.9 Å². The number of fused-ring (bicyclic) bond motifs is 1. The molecule has 0 saturated heterocycles. The summed E-state index contributed by atoms with van der Waals surface area (Å²) >= 11 is 5.05. The van der Waals surface area contributed by atoms with E-state index in [0.29, 0.717) is 5.13 Å². The van der Waals surface area contributed by atoms with E-state index in [9.17, 15) is 5.26 Å². The van der Waals surface area contributed by atoms with Gasteiger partial charge in [-0.3, -0.25) is 0 Å². The van der Waals surface area contributed by atoms with Crippen LogP contribution in [0.1, 0.15) is 40.5 Å². The van der Waals surface area contributed by atoms with Gasteiger partial charge in [0.25, 0.3) is 0 Å². The number of aryl methyl sites for hydroxylation is 1. The van der Waals surface area contributed by atoms with Crippen LogP contribution in [0.3, 0.4) is 0 Å². The van der Waals surface area contributed by atoms with E-state index in [0.717, 1.165) is 40.6 Å². The summed E-state index contributed by atoms with van der Waals surface area (Å²) < 4.78 is 1.01. The minimum Gasteiger partial charge on any atom is -0.375 e. The summed E-state index contributed by atoms with van der Waals surface area (Å²) in [5.74, 6) is 0.255. The van der Waals surface area contributed by atoms with Crippen molar-refractivity contribution in [3.8, 4) is 6.07 Å². The highest BCUT2D eigenvalue weighted by Crippen LogP contribution is 2.42. The van der Waals surface area contributed by atoms with E-state index in [1.807, 2.05) is 18.2 Å². The highest BCUT2D eigenvalue weighted by atomic mass is 79.9. The number of aromatic nitrogens is 1. The van der Waals surface area contributed by atoms with E-state index in [1.54, 1.807) is 11.3 Å². The molecule has 3 nitrogen and oxygen atoms in total. The smallest absolute Gasteiger partial charge is 0.180 e. The fraction of sp³-hybridized carbons (Fsp3) is 0.286. The van der Waals surface area contributed by atoms with E-state index < -0.39 is 0 Å². The molecule has 0 radical (unpaired) electrons. The fourth-order valence-corrected chi connectivity index (χ4v) is 4.07. The molecule has 1 aromatic heterocycles. The van der Waals surface area contributed by atoms with Gasteiger partial charge in [0, 0.05) is 15.3 Å². The average Bonchev–Trinajstić information content (AvgIpc) is 2.78. The molecule has 5 heteroatoms. The van der Waals surface area contributed by atoms with E-state index in [1.165, 1.54) is 4.88 Å². The van der Waals surface area contributed by atoms with Crippen LogP contribution >= 0.6 is 27.3 Å². The first-order chi connectivity index (χ1) is 9.19. The van der Waals surface area contributed by atoms with Crippen molar-refractivity contribution < 1.29 is 0 Å². The Kier molecular flexibility index (Phi) is 3.29. The lowest BCUT2D eigenvalue weighted by atomic mass is 9.84. The van der Waals surface area contributed by atoms with Crippen LogP contribution < -0.4 is 5.73 Å². The second kappa shape index (κ2) is 4.95. The number of rotatable bonds is 1. The first-order valence-electron chi connectivity index (χ1n) is 6.13. The molecular weight excluding hydrogens is 322 g/mol. The quantitative estimate of drug-likeness (QED) is 0.862. The Morgan fingerprint density at radius 2 is 2.32 bits per heavy atom. The van der Waals surface area contributed by atoms with Crippen molar-refractivity contribution in [3.63, 3.8) is 0 Å². The third-order valence-corrected chi connectivity index (χ3v) is 5.01. The van der Waals surface area contributed by atoms with Gasteiger partial charge >= 0.3 is 0 Å². The zero-order valence-corrected chi connectivity index (χ0v) is 12.6. The monoisotopic (exact) mass is 333 g/mol. The van der Waals surface area contributed by atoms with Crippen LogP contribution in [-0.4, -0.2) is 4.98 Å². The molecule has 19 heavy (non-hydrogen) atoms. The molecule has 3 rings (SSSR count). The summed E-state index contributed by atoms with van der Waals surface area (Å²) in [6.07, 6.45) is 3.15. The molecule has 1 aliphatic carbocycles. The van der Waals surface area contributed by atoms with Gasteiger partial charge in [-0.05, 0) is 43.0 Å². The first kappa shape index (κ1) is 12.6. The molecule has 1 unspecified atom stereocenters. The van der Waals surface area contributed by atoms with Gasteiger partial charge in [0.05, 0.1) is 17.3 Å². The predicted molar refractivity (Wildman–Crippen MR) is 80.2 cm³/mol. The number of hydrogen-bond acceptors (Lipinski definition) is 4. The average molecular weight is 334 g/mol. The zero-order valence-electron chi connectivity index (χ0n) is 10.2. The first-order valence-corrected chi connectivity index (χ1v) is 7.74. The highest BCUT2D eigenvalue weighted by molar-refractivity contribution is 9.10. The molecule has 0 fully saturated rings. The van der Waals surface area contributed by atoms with E-state index in [4.69, 9.17) is 5.73 Å². The lowest BCUT2D eigenvalue weighted by molar-refractivity contribution is 0.616. The molecule has 96 valence electrons. The predicted octanol–water partition coefficient (Wildman–Crippen LogP) is 3.83. The fourth-order valence-electron chi connectivity index (χ4n) is 2.66. The molecule has 0 spiro atoms. The lowest BCUT2D eigenvalue weighted by Crippen LogP contribution is -2.10. The van der Waals surface area contributed by atoms with Crippen LogP contribution in [0.25, 0.3) is 0 Å². The molecule has 0 aliphatic heterocycles. The number of halogens is 1. The summed E-state index contributed by atoms with van der Waals surface area (Å²) in [7, 11) is 0. The van der Waals surface area contributed by atoms with Crippen molar-refractivity contribution in [2.24, 2.45) is 0 Å². The largest absolute Gasteiger partial charge is 0.375 e. The Morgan fingerprint density at radius 3 is 3.11 bits per heavy atom. The van der Waals surface area contributed by atoms with Crippen molar-refractivity contribution >= 4 is 32.4 Å². The van der Waals surface area contributed by atoms with Crippen LogP contribution in [-0.2, 0) is 6.42 Å². The molecule has 1 aliphatic rings. The second-order valence-electron chi connectivity index (χ2n) is 4.65. The molecule has 0 saturated carbocycles. The van der Waals surface area contributed by atoms with Crippen LogP contribution in [0, 0.1) is 11.3 Å². The number of nitrogens with two attached hydrogens (primary N) is 1. The summed E-state index contributed by atoms with van der Waals surface area (Å²) in [5, 5.41) is 9.92. The second-order valence-corrected chi connectivity index (χ2v) is 6.63. The summed E-state index contributed by atoms with van der Waals surface area (Å²) in [6, 6.07) is 8.12. The van der Waals surface area contributed by atoms with Gasteiger partial charge in [0.2, 0.25) is 0 Å². The van der Waals surface area contributed by atoms with Crippen LogP contribution in [0.5, 0.6) is 0 Å². The normalized spacial score (nSPS) is 17.8. The SMILES string of the molecule is N#Cc1ccc(Br)cc1C1CCCc2nc(N)sc21. The number of benzene rings is 1. The Balaban J connectivity index is 2.14. The number of thiazole rings is 1. The van der Waals surface area contributed by atoms with Crippen LogP contribution in [0.4, 0.5) is 5.13 Å². The number of hydrogen-bond donors (Lipinski definition) is 1. The summed E-state index contributed by atoms with van der Waals surface area (Å²) in [5.41, 5.74) is 8.77. The number of nitrogen functional groups attached to an aromatic ring is 1. The van der Waals surface area contributed by atoms with Gasteiger partial charge in [-0.2, -0.15) is 5.26 Å². The Labute approximate surface area is 124 Å². The highest BCUT2D eigenvalue weighted by Gasteiger charge is 2.27. The molecule has 1 heterocycles. The summed E-state index contributed by atoms with van der Waals surface area (Å²) in [6.45, 7) is 0. The maximum absolute atomic E-state index is 9.29. The minimum absolute atomic E-state index is 0.255. The number of nitriles is 1. The molecule has 1 atom stereocenters. The van der Waals surface area contributed by atoms with Crippen LogP contribution in [0.15, 0.2) is 22.7 Å². The molecule has 2 N–H and O–H groups in total. The number of anilines is 1. The lowest BCUT2D eigenvalue weighted by Gasteiger charge is -2.22. The summed E-state index contributed by atoms with van der Waals surface area (Å²) in [4.78, 5) is 5.64. The maximum atomic E-state index is 9.29. The van der Waals surface area contributed by atoms with Crippen molar-refractivity contribution in [2.45, 2.75) is 25.2 Å². The van der Waals surface area contributed by atoms with E-state index in [-0.39, 0.29) is 5.92 Å². The topological polar surface area (TPSA) is 62.7 Å². The van der Waals surface area contributed by atoms with Crippen molar-refractivity contribution in [1.29, 1.82) is 5.26 Å². The zero-order chi connectivity index (χ0) is 13.4. The van der Waals surface area contributed by atoms with Crippen molar-refractivity contribution in [2.75, 3.05) is 5.73 Å². The van der Waals surface area contributed by atoms with E-state index in [2.05, 4.69) is 27.0 Å². The number of nitrogens with zero attached hydrogens (tertiary/aromatic N) is 2. The molecule has 2 aromatic rings. The van der Waals surface area contributed by atoms with Crippen molar-refractivity contribution in [3.05, 3.63) is 44.4 Å². The third-order valence-electron chi connectivity index (χ3n) is 3.48. The Hall–Kier alpha value is -1.38. The molecule has 1 aromatic carbocycles. The third kappa shape index (κ3) is 2.26. The maximum Gasteiger partial charge on any atom is 0.180 e. The van der Waals surface area contributed by atoms with Gasteiger partial charge in [-0.15, -0.1) is 11.3 Å². The minimum atomic E-state index is 0.255. The van der Waals surface area contributed by atoms with Gasteiger partial charge in [-0.25, -0.2) is 4.98 Å². The van der Waals surface area contributed by atoms with Crippen LogP contribution in [0.2, 0.25) is 0 Å². The van der Waals surface area contributed by atoms with Crippen molar-refractivity contribution in [1.82, 2.24) is 4.98 Å². The molecular formula is C14H12BrN3S. The standard InChI is InChI=1S/C14H12BrN3S/c15-9-5-4-8(7-16)11(6-9)10-2-1-3-12-13(10)19-14(17)18-12/h4-6,10H,1-3H2,(H2,17,18). The van der Waals surface area contributed by atoms with Gasteiger partial charge in [0.15, 0.2) is 5.13 Å². The van der Waals surface area contributed by atoms with Gasteiger partial charge in [0.1, 0.15) is 0 Å². The Bertz CT molecular complexity index is 672. The van der Waals surface area contributed by atoms with E-state index >= 15 is 0 Å².